The Labute approximate surface area is 129 Å². The summed E-state index contributed by atoms with van der Waals surface area (Å²) in [7, 11) is 1.77. The number of anilines is 1. The lowest BCUT2D eigenvalue weighted by molar-refractivity contribution is 0.339. The minimum Gasteiger partial charge on any atom is -0.497 e. The van der Waals surface area contributed by atoms with Crippen LogP contribution in [0.5, 0.6) is 5.75 Å². The van der Waals surface area contributed by atoms with Gasteiger partial charge in [-0.2, -0.15) is 0 Å². The van der Waals surface area contributed by atoms with Gasteiger partial charge in [-0.1, -0.05) is 44.6 Å². The molecular formula is C19H29NO. The molecule has 2 nitrogen and oxygen atoms in total. The maximum Gasteiger partial charge on any atom is 0.120 e. The predicted octanol–water partition coefficient (Wildman–Crippen LogP) is 5.17. The molecule has 116 valence electrons. The lowest BCUT2D eigenvalue weighted by atomic mass is 9.88. The Morgan fingerprint density at radius 2 is 1.43 bits per heavy atom. The van der Waals surface area contributed by atoms with E-state index < -0.39 is 0 Å². The van der Waals surface area contributed by atoms with Gasteiger partial charge in [-0.25, -0.2) is 0 Å². The van der Waals surface area contributed by atoms with E-state index in [4.69, 9.17) is 4.74 Å². The molecule has 3 rings (SSSR count). The molecule has 2 saturated carbocycles. The highest BCUT2D eigenvalue weighted by Gasteiger charge is 2.29. The SMILES string of the molecule is COc1cccc(N(C2CCCCC2)C2CCCCC2)c1. The van der Waals surface area contributed by atoms with Crippen LogP contribution >= 0.6 is 0 Å². The molecule has 1 aromatic carbocycles. The minimum absolute atomic E-state index is 0.744. The number of hydrogen-bond acceptors (Lipinski definition) is 2. The second-order valence-electron chi connectivity index (χ2n) is 6.69. The molecular weight excluding hydrogens is 258 g/mol. The molecule has 21 heavy (non-hydrogen) atoms. The van der Waals surface area contributed by atoms with Crippen molar-refractivity contribution in [3.63, 3.8) is 0 Å². The van der Waals surface area contributed by atoms with Gasteiger partial charge in [-0.15, -0.1) is 0 Å². The van der Waals surface area contributed by atoms with E-state index in [1.54, 1.807) is 7.11 Å². The van der Waals surface area contributed by atoms with Crippen LogP contribution in [0.4, 0.5) is 5.69 Å². The van der Waals surface area contributed by atoms with E-state index in [1.165, 1.54) is 69.9 Å². The second-order valence-corrected chi connectivity index (χ2v) is 6.69. The second kappa shape index (κ2) is 7.20. The van der Waals surface area contributed by atoms with E-state index in [1.807, 2.05) is 0 Å². The molecule has 0 heterocycles. The third-order valence-corrected chi connectivity index (χ3v) is 5.29. The zero-order chi connectivity index (χ0) is 14.5. The van der Waals surface area contributed by atoms with Crippen molar-refractivity contribution < 1.29 is 4.74 Å². The summed E-state index contributed by atoms with van der Waals surface area (Å²) in [6.07, 6.45) is 13.9. The number of methoxy groups -OCH3 is 1. The van der Waals surface area contributed by atoms with Gasteiger partial charge in [0, 0.05) is 23.8 Å². The summed E-state index contributed by atoms with van der Waals surface area (Å²) in [6.45, 7) is 0. The van der Waals surface area contributed by atoms with E-state index >= 15 is 0 Å². The Bertz CT molecular complexity index is 415. The highest BCUT2D eigenvalue weighted by atomic mass is 16.5. The molecule has 0 bridgehead atoms. The number of nitrogens with zero attached hydrogens (tertiary/aromatic N) is 1. The number of ether oxygens (including phenoxy) is 1. The van der Waals surface area contributed by atoms with E-state index in [2.05, 4.69) is 29.2 Å². The average Bonchev–Trinajstić information content (AvgIpc) is 2.57. The van der Waals surface area contributed by atoms with Crippen LogP contribution in [0.1, 0.15) is 64.2 Å². The minimum atomic E-state index is 0.744. The summed E-state index contributed by atoms with van der Waals surface area (Å²) in [5.74, 6) is 0.990. The topological polar surface area (TPSA) is 12.5 Å². The Hall–Kier alpha value is -1.18. The predicted molar refractivity (Wildman–Crippen MR) is 89.2 cm³/mol. The Morgan fingerprint density at radius 3 is 1.95 bits per heavy atom. The summed E-state index contributed by atoms with van der Waals surface area (Å²) < 4.78 is 5.45. The Kier molecular flexibility index (Phi) is 5.05. The normalized spacial score (nSPS) is 21.2. The van der Waals surface area contributed by atoms with Crippen LogP contribution in [-0.2, 0) is 0 Å². The zero-order valence-corrected chi connectivity index (χ0v) is 13.4. The van der Waals surface area contributed by atoms with Gasteiger partial charge < -0.3 is 9.64 Å². The molecule has 2 aliphatic rings. The molecule has 0 aliphatic heterocycles. The van der Waals surface area contributed by atoms with E-state index in [-0.39, 0.29) is 0 Å². The van der Waals surface area contributed by atoms with Crippen LogP contribution in [0.15, 0.2) is 24.3 Å². The van der Waals surface area contributed by atoms with Crippen LogP contribution in [-0.4, -0.2) is 19.2 Å². The van der Waals surface area contributed by atoms with E-state index in [0.29, 0.717) is 0 Å². The molecule has 0 atom stereocenters. The lowest BCUT2D eigenvalue weighted by Crippen LogP contribution is -2.45. The highest BCUT2D eigenvalue weighted by molar-refractivity contribution is 5.52. The quantitative estimate of drug-likeness (QED) is 0.757. The van der Waals surface area contributed by atoms with Gasteiger partial charge in [-0.05, 0) is 37.8 Å². The summed E-state index contributed by atoms with van der Waals surface area (Å²) in [4.78, 5) is 2.76. The van der Waals surface area contributed by atoms with Crippen LogP contribution < -0.4 is 9.64 Å². The van der Waals surface area contributed by atoms with Gasteiger partial charge in [0.15, 0.2) is 0 Å². The largest absolute Gasteiger partial charge is 0.497 e. The van der Waals surface area contributed by atoms with Crippen molar-refractivity contribution in [2.75, 3.05) is 12.0 Å². The first-order valence-electron chi connectivity index (χ1n) is 8.81. The fourth-order valence-electron chi connectivity index (χ4n) is 4.21. The van der Waals surface area contributed by atoms with Crippen molar-refractivity contribution in [3.05, 3.63) is 24.3 Å². The molecule has 1 aromatic rings. The van der Waals surface area contributed by atoms with Gasteiger partial charge in [0.25, 0.3) is 0 Å². The zero-order valence-electron chi connectivity index (χ0n) is 13.4. The molecule has 2 aliphatic carbocycles. The van der Waals surface area contributed by atoms with Crippen molar-refractivity contribution in [1.82, 2.24) is 0 Å². The number of rotatable bonds is 4. The van der Waals surface area contributed by atoms with Crippen molar-refractivity contribution in [2.45, 2.75) is 76.3 Å². The first kappa shape index (κ1) is 14.7. The molecule has 0 radical (unpaired) electrons. The van der Waals surface area contributed by atoms with Gasteiger partial charge in [-0.3, -0.25) is 0 Å². The maximum atomic E-state index is 5.45. The molecule has 0 unspecified atom stereocenters. The monoisotopic (exact) mass is 287 g/mol. The lowest BCUT2D eigenvalue weighted by Gasteiger charge is -2.43. The van der Waals surface area contributed by atoms with Crippen LogP contribution in [0.25, 0.3) is 0 Å². The van der Waals surface area contributed by atoms with Gasteiger partial charge in [0.05, 0.1) is 7.11 Å². The Balaban J connectivity index is 1.85. The standard InChI is InChI=1S/C19H29NO/c1-21-19-14-8-13-18(15-19)20(16-9-4-2-5-10-16)17-11-6-3-7-12-17/h8,13-17H,2-7,9-12H2,1H3. The van der Waals surface area contributed by atoms with Crippen molar-refractivity contribution in [1.29, 1.82) is 0 Å². The van der Waals surface area contributed by atoms with Crippen LogP contribution in [0, 0.1) is 0 Å². The first-order valence-corrected chi connectivity index (χ1v) is 8.81. The van der Waals surface area contributed by atoms with Crippen molar-refractivity contribution >= 4 is 5.69 Å². The van der Waals surface area contributed by atoms with E-state index in [9.17, 15) is 0 Å². The maximum absolute atomic E-state index is 5.45. The first-order chi connectivity index (χ1) is 10.4. The van der Waals surface area contributed by atoms with Gasteiger partial charge in [0.1, 0.15) is 5.75 Å². The van der Waals surface area contributed by atoms with Crippen molar-refractivity contribution in [3.8, 4) is 5.75 Å². The number of benzene rings is 1. The van der Waals surface area contributed by atoms with Crippen molar-refractivity contribution in [2.24, 2.45) is 0 Å². The molecule has 2 fully saturated rings. The average molecular weight is 287 g/mol. The van der Waals surface area contributed by atoms with Gasteiger partial charge >= 0.3 is 0 Å². The van der Waals surface area contributed by atoms with Crippen LogP contribution in [0.3, 0.4) is 0 Å². The molecule has 2 heteroatoms. The summed E-state index contributed by atoms with van der Waals surface area (Å²) in [5.41, 5.74) is 1.38. The third kappa shape index (κ3) is 3.53. The third-order valence-electron chi connectivity index (χ3n) is 5.29. The molecule has 0 saturated heterocycles. The van der Waals surface area contributed by atoms with E-state index in [0.717, 1.165) is 17.8 Å². The molecule has 0 aromatic heterocycles. The fraction of sp³-hybridized carbons (Fsp3) is 0.684. The molecule has 0 N–H and O–H groups in total. The summed E-state index contributed by atoms with van der Waals surface area (Å²) >= 11 is 0. The summed E-state index contributed by atoms with van der Waals surface area (Å²) in [6, 6.07) is 10.2. The van der Waals surface area contributed by atoms with Gasteiger partial charge in [0.2, 0.25) is 0 Å². The highest BCUT2D eigenvalue weighted by Crippen LogP contribution is 2.35. The summed E-state index contributed by atoms with van der Waals surface area (Å²) in [5, 5.41) is 0. The number of hydrogen-bond donors (Lipinski definition) is 0. The molecule has 0 spiro atoms. The molecule has 0 amide bonds. The fourth-order valence-corrected chi connectivity index (χ4v) is 4.21. The Morgan fingerprint density at radius 1 is 0.857 bits per heavy atom. The smallest absolute Gasteiger partial charge is 0.120 e. The van der Waals surface area contributed by atoms with Crippen LogP contribution in [0.2, 0.25) is 0 Å².